The summed E-state index contributed by atoms with van der Waals surface area (Å²) in [4.78, 5) is 14.2. The lowest BCUT2D eigenvalue weighted by Gasteiger charge is -2.03. The predicted molar refractivity (Wildman–Crippen MR) is 45.4 cm³/mol. The van der Waals surface area contributed by atoms with Crippen molar-refractivity contribution >= 4 is 23.4 Å². The smallest absolute Gasteiger partial charge is 0.337 e. The monoisotopic (exact) mass is 186 g/mol. The fourth-order valence-electron chi connectivity index (χ4n) is 0.814. The van der Waals surface area contributed by atoms with E-state index in [1.807, 2.05) is 0 Å². The van der Waals surface area contributed by atoms with Crippen molar-refractivity contribution in [3.8, 4) is 0 Å². The van der Waals surface area contributed by atoms with Crippen molar-refractivity contribution in [2.45, 2.75) is 6.92 Å². The third-order valence-corrected chi connectivity index (χ3v) is 2.00. The highest BCUT2D eigenvalue weighted by molar-refractivity contribution is 6.33. The van der Waals surface area contributed by atoms with Crippen LogP contribution in [0.2, 0.25) is 5.02 Å². The Bertz CT molecular complexity index is 338. The lowest BCUT2D eigenvalue weighted by atomic mass is 10.1. The normalized spacial score (nSPS) is 9.83. The number of pyridine rings is 1. The van der Waals surface area contributed by atoms with E-state index in [2.05, 4.69) is 4.98 Å². The molecule has 0 spiro atoms. The topological polar surface area (TPSA) is 76.2 Å². The summed E-state index contributed by atoms with van der Waals surface area (Å²) in [6.45, 7) is 1.59. The predicted octanol–water partition coefficient (Wildman–Crippen LogP) is 1.32. The third kappa shape index (κ3) is 1.33. The zero-order valence-electron chi connectivity index (χ0n) is 6.34. The van der Waals surface area contributed by atoms with Crippen LogP contribution in [0.1, 0.15) is 15.9 Å². The maximum atomic E-state index is 10.5. The molecule has 0 aliphatic carbocycles. The van der Waals surface area contributed by atoms with E-state index in [-0.39, 0.29) is 16.4 Å². The number of hydrogen-bond donors (Lipinski definition) is 2. The third-order valence-electron chi connectivity index (χ3n) is 1.52. The molecule has 0 unspecified atom stereocenters. The standard InChI is InChI=1S/C7H7ClN2O2/c1-3-4(7(11)12)2-10-6(9)5(3)8/h2H,1H3,(H2,9,10)(H,11,12). The van der Waals surface area contributed by atoms with Gasteiger partial charge in [-0.15, -0.1) is 0 Å². The van der Waals surface area contributed by atoms with Crippen molar-refractivity contribution in [3.05, 3.63) is 22.3 Å². The molecular formula is C7H7ClN2O2. The summed E-state index contributed by atoms with van der Waals surface area (Å²) in [5, 5.41) is 8.85. The number of anilines is 1. The Morgan fingerprint density at radius 2 is 2.33 bits per heavy atom. The van der Waals surface area contributed by atoms with E-state index in [1.165, 1.54) is 6.20 Å². The first-order valence-corrected chi connectivity index (χ1v) is 3.55. The Hall–Kier alpha value is -1.29. The number of nitrogen functional groups attached to an aromatic ring is 1. The van der Waals surface area contributed by atoms with Gasteiger partial charge < -0.3 is 10.8 Å². The molecule has 0 atom stereocenters. The molecular weight excluding hydrogens is 180 g/mol. The van der Waals surface area contributed by atoms with Crippen molar-refractivity contribution in [3.63, 3.8) is 0 Å². The Morgan fingerprint density at radius 3 is 2.83 bits per heavy atom. The lowest BCUT2D eigenvalue weighted by Crippen LogP contribution is -2.03. The molecule has 0 amide bonds. The van der Waals surface area contributed by atoms with Gasteiger partial charge in [-0.1, -0.05) is 11.6 Å². The summed E-state index contributed by atoms with van der Waals surface area (Å²) in [7, 11) is 0. The molecule has 4 nitrogen and oxygen atoms in total. The average molecular weight is 187 g/mol. The summed E-state index contributed by atoms with van der Waals surface area (Å²) in [5.74, 6) is -0.902. The van der Waals surface area contributed by atoms with Crippen LogP contribution in [0, 0.1) is 6.92 Å². The lowest BCUT2D eigenvalue weighted by molar-refractivity contribution is 0.0695. The van der Waals surface area contributed by atoms with E-state index < -0.39 is 5.97 Å². The maximum absolute atomic E-state index is 10.5. The molecule has 0 aliphatic rings. The zero-order valence-corrected chi connectivity index (χ0v) is 7.09. The van der Waals surface area contributed by atoms with Crippen LogP contribution in [0.5, 0.6) is 0 Å². The summed E-state index contributed by atoms with van der Waals surface area (Å²) in [6, 6.07) is 0. The van der Waals surface area contributed by atoms with E-state index in [4.69, 9.17) is 22.4 Å². The van der Waals surface area contributed by atoms with E-state index in [0.717, 1.165) is 0 Å². The van der Waals surface area contributed by atoms with Crippen molar-refractivity contribution in [2.24, 2.45) is 0 Å². The van der Waals surface area contributed by atoms with Gasteiger partial charge in [-0.05, 0) is 12.5 Å². The maximum Gasteiger partial charge on any atom is 0.337 e. The average Bonchev–Trinajstić information content (AvgIpc) is 2.00. The highest BCUT2D eigenvalue weighted by Crippen LogP contribution is 2.23. The quantitative estimate of drug-likeness (QED) is 0.694. The first-order chi connectivity index (χ1) is 5.54. The first-order valence-electron chi connectivity index (χ1n) is 3.18. The Labute approximate surface area is 74.0 Å². The molecule has 0 bridgehead atoms. The van der Waals surface area contributed by atoms with Gasteiger partial charge in [0.15, 0.2) is 0 Å². The summed E-state index contributed by atoms with van der Waals surface area (Å²) < 4.78 is 0. The van der Waals surface area contributed by atoms with Gasteiger partial charge in [0.2, 0.25) is 0 Å². The Morgan fingerprint density at radius 1 is 1.75 bits per heavy atom. The number of rotatable bonds is 1. The molecule has 1 heterocycles. The minimum Gasteiger partial charge on any atom is -0.478 e. The number of carboxylic acid groups (broad SMARTS) is 1. The molecule has 3 N–H and O–H groups in total. The number of nitrogens with zero attached hydrogens (tertiary/aromatic N) is 1. The molecule has 12 heavy (non-hydrogen) atoms. The fourth-order valence-corrected chi connectivity index (χ4v) is 0.964. The van der Waals surface area contributed by atoms with Gasteiger partial charge in [-0.25, -0.2) is 9.78 Å². The number of hydrogen-bond acceptors (Lipinski definition) is 3. The largest absolute Gasteiger partial charge is 0.478 e. The number of carbonyl (C=O) groups is 1. The Kier molecular flexibility index (Phi) is 2.19. The minimum absolute atomic E-state index is 0.0780. The molecule has 1 rings (SSSR count). The van der Waals surface area contributed by atoms with Crippen molar-refractivity contribution in [1.82, 2.24) is 4.98 Å². The molecule has 5 heteroatoms. The van der Waals surface area contributed by atoms with Crippen LogP contribution in [0.25, 0.3) is 0 Å². The molecule has 1 aromatic heterocycles. The zero-order chi connectivity index (χ0) is 9.30. The second-order valence-corrected chi connectivity index (χ2v) is 2.68. The Balaban J connectivity index is 3.36. The number of halogens is 1. The van der Waals surface area contributed by atoms with E-state index in [9.17, 15) is 4.79 Å². The highest BCUT2D eigenvalue weighted by atomic mass is 35.5. The van der Waals surface area contributed by atoms with Crippen LogP contribution in [-0.2, 0) is 0 Å². The minimum atomic E-state index is -1.05. The van der Waals surface area contributed by atoms with Gasteiger partial charge >= 0.3 is 5.97 Å². The second-order valence-electron chi connectivity index (χ2n) is 2.30. The first kappa shape index (κ1) is 8.80. The summed E-state index contributed by atoms with van der Waals surface area (Å²) in [5.41, 5.74) is 5.87. The second kappa shape index (κ2) is 2.98. The van der Waals surface area contributed by atoms with Gasteiger partial charge in [0.25, 0.3) is 0 Å². The van der Waals surface area contributed by atoms with Crippen LogP contribution in [0.15, 0.2) is 6.20 Å². The number of carboxylic acids is 1. The molecule has 64 valence electrons. The number of nitrogens with two attached hydrogens (primary N) is 1. The molecule has 0 radical (unpaired) electrons. The molecule has 0 saturated carbocycles. The fraction of sp³-hybridized carbons (Fsp3) is 0.143. The van der Waals surface area contributed by atoms with Crippen LogP contribution in [0.3, 0.4) is 0 Å². The van der Waals surface area contributed by atoms with Crippen molar-refractivity contribution in [1.29, 1.82) is 0 Å². The molecule has 0 fully saturated rings. The molecule has 0 saturated heterocycles. The number of aromatic carboxylic acids is 1. The van der Waals surface area contributed by atoms with Crippen LogP contribution in [0.4, 0.5) is 5.82 Å². The van der Waals surface area contributed by atoms with Gasteiger partial charge in [-0.2, -0.15) is 0 Å². The van der Waals surface area contributed by atoms with Crippen LogP contribution >= 0.6 is 11.6 Å². The van der Waals surface area contributed by atoms with Crippen LogP contribution < -0.4 is 5.73 Å². The van der Waals surface area contributed by atoms with E-state index in [0.29, 0.717) is 5.56 Å². The van der Waals surface area contributed by atoms with Crippen molar-refractivity contribution < 1.29 is 9.90 Å². The van der Waals surface area contributed by atoms with Gasteiger partial charge in [0.05, 0.1) is 10.6 Å². The molecule has 1 aromatic rings. The summed E-state index contributed by atoms with van der Waals surface area (Å²) in [6.07, 6.45) is 1.19. The van der Waals surface area contributed by atoms with Crippen LogP contribution in [-0.4, -0.2) is 16.1 Å². The SMILES string of the molecule is Cc1c(C(=O)O)cnc(N)c1Cl. The van der Waals surface area contributed by atoms with E-state index in [1.54, 1.807) is 6.92 Å². The highest BCUT2D eigenvalue weighted by Gasteiger charge is 2.12. The van der Waals surface area contributed by atoms with Crippen molar-refractivity contribution in [2.75, 3.05) is 5.73 Å². The van der Waals surface area contributed by atoms with Gasteiger partial charge in [-0.3, -0.25) is 0 Å². The summed E-state index contributed by atoms with van der Waals surface area (Å²) >= 11 is 5.68. The molecule has 0 aliphatic heterocycles. The van der Waals surface area contributed by atoms with E-state index >= 15 is 0 Å². The van der Waals surface area contributed by atoms with Gasteiger partial charge in [0.1, 0.15) is 5.82 Å². The number of aromatic nitrogens is 1. The van der Waals surface area contributed by atoms with Gasteiger partial charge in [0, 0.05) is 6.20 Å². The molecule has 0 aromatic carbocycles.